The zero-order valence-electron chi connectivity index (χ0n) is 18.7. The number of carbonyl (C=O) groups excluding carboxylic acids is 3. The number of hydrogen-bond acceptors (Lipinski definition) is 6. The Morgan fingerprint density at radius 3 is 2.60 bits per heavy atom. The number of halogens is 2. The molecule has 3 amide bonds. The van der Waals surface area contributed by atoms with Crippen LogP contribution in [0.5, 0.6) is 5.75 Å². The minimum Gasteiger partial charge on any atom is -0.483 e. The second-order valence-corrected chi connectivity index (χ2v) is 10.0. The van der Waals surface area contributed by atoms with Crippen LogP contribution >= 0.6 is 44.1 Å². The van der Waals surface area contributed by atoms with Crippen LogP contribution in [0, 0.1) is 6.92 Å². The van der Waals surface area contributed by atoms with E-state index in [0.717, 1.165) is 10.0 Å². The summed E-state index contributed by atoms with van der Waals surface area (Å²) in [5.74, 6) is -0.730. The van der Waals surface area contributed by atoms with E-state index < -0.39 is 11.8 Å². The van der Waals surface area contributed by atoms with Gasteiger partial charge in [0.2, 0.25) is 0 Å². The number of morpholine rings is 1. The predicted molar refractivity (Wildman–Crippen MR) is 142 cm³/mol. The Bertz CT molecular complexity index is 1240. The van der Waals surface area contributed by atoms with Gasteiger partial charge in [0.15, 0.2) is 11.7 Å². The number of anilines is 1. The molecule has 0 aromatic heterocycles. The summed E-state index contributed by atoms with van der Waals surface area (Å²) in [4.78, 5) is 41.2. The van der Waals surface area contributed by atoms with Crippen molar-refractivity contribution in [3.63, 3.8) is 0 Å². The molecule has 0 unspecified atom stereocenters. The third-order valence-electron chi connectivity index (χ3n) is 5.48. The fourth-order valence-corrected chi connectivity index (χ4v) is 4.94. The maximum absolute atomic E-state index is 13.3. The lowest BCUT2D eigenvalue weighted by molar-refractivity contribution is -0.137. The number of thiocarbonyl (C=S) groups is 1. The molecule has 2 saturated heterocycles. The summed E-state index contributed by atoms with van der Waals surface area (Å²) in [5.41, 5.74) is 1.96. The van der Waals surface area contributed by atoms with E-state index in [-0.39, 0.29) is 23.2 Å². The highest BCUT2D eigenvalue weighted by molar-refractivity contribution is 9.10. The second kappa shape index (κ2) is 11.0. The van der Waals surface area contributed by atoms with E-state index in [1.165, 1.54) is 11.0 Å². The molecule has 0 radical (unpaired) electrons. The molecule has 11 heteroatoms. The molecule has 8 nitrogen and oxygen atoms in total. The zero-order chi connectivity index (χ0) is 25.1. The minimum absolute atomic E-state index is 0.0254. The van der Waals surface area contributed by atoms with E-state index >= 15 is 0 Å². The van der Waals surface area contributed by atoms with Gasteiger partial charge in [0.25, 0.3) is 17.7 Å². The Labute approximate surface area is 224 Å². The molecule has 0 saturated carbocycles. The van der Waals surface area contributed by atoms with E-state index in [9.17, 15) is 14.4 Å². The first-order valence-corrected chi connectivity index (χ1v) is 12.7. The summed E-state index contributed by atoms with van der Waals surface area (Å²) in [6.45, 7) is 3.90. The van der Waals surface area contributed by atoms with E-state index in [2.05, 4.69) is 37.2 Å². The molecule has 2 fully saturated rings. The van der Waals surface area contributed by atoms with E-state index in [1.807, 2.05) is 13.0 Å². The number of hydrogen-bond donors (Lipinski definition) is 1. The first kappa shape index (κ1) is 25.5. The molecule has 1 N–H and O–H groups in total. The number of carbonyl (C=O) groups is 3. The summed E-state index contributed by atoms with van der Waals surface area (Å²) in [6.07, 6.45) is 1.49. The molecule has 0 spiro atoms. The second-order valence-electron chi connectivity index (χ2n) is 7.86. The van der Waals surface area contributed by atoms with Crippen molar-refractivity contribution in [2.45, 2.75) is 6.92 Å². The standard InChI is InChI=1S/C24H21Br2N3O5S/c1-14-10-16(25)3-4-19(14)29-23(32)17(22(31)27-24(29)35)11-15-2-5-20(18(26)12-15)34-13-21(30)28-6-8-33-9-7-28/h2-5,10-12H,6-9,13H2,1H3,(H,27,31,35)/b17-11+. The van der Waals surface area contributed by atoms with E-state index in [4.69, 9.17) is 21.7 Å². The van der Waals surface area contributed by atoms with E-state index in [1.54, 1.807) is 35.2 Å². The number of aryl methyl sites for hydroxylation is 1. The highest BCUT2D eigenvalue weighted by Gasteiger charge is 2.35. The highest BCUT2D eigenvalue weighted by atomic mass is 79.9. The van der Waals surface area contributed by atoms with Crippen LogP contribution < -0.4 is 15.0 Å². The van der Waals surface area contributed by atoms with Gasteiger partial charge in [0.1, 0.15) is 11.3 Å². The largest absolute Gasteiger partial charge is 0.483 e. The molecule has 2 aliphatic rings. The van der Waals surface area contributed by atoms with Gasteiger partial charge in [-0.1, -0.05) is 22.0 Å². The number of rotatable bonds is 5. The summed E-state index contributed by atoms with van der Waals surface area (Å²) in [6, 6.07) is 10.5. The van der Waals surface area contributed by atoms with Gasteiger partial charge in [-0.25, -0.2) is 0 Å². The van der Waals surface area contributed by atoms with Gasteiger partial charge < -0.3 is 14.4 Å². The quantitative estimate of drug-likeness (QED) is 0.312. The molecule has 2 aliphatic heterocycles. The molecule has 2 aromatic carbocycles. The van der Waals surface area contributed by atoms with Crippen molar-refractivity contribution < 1.29 is 23.9 Å². The van der Waals surface area contributed by atoms with Crippen LogP contribution in [0.3, 0.4) is 0 Å². The molecule has 0 bridgehead atoms. The number of nitrogens with one attached hydrogen (secondary N) is 1. The predicted octanol–water partition coefficient (Wildman–Crippen LogP) is 3.59. The lowest BCUT2D eigenvalue weighted by atomic mass is 10.1. The molecule has 182 valence electrons. The number of ether oxygens (including phenoxy) is 2. The fourth-order valence-electron chi connectivity index (χ4n) is 3.68. The molecular weight excluding hydrogens is 602 g/mol. The average molecular weight is 623 g/mol. The lowest BCUT2D eigenvalue weighted by Crippen LogP contribution is -2.54. The Morgan fingerprint density at radius 1 is 1.17 bits per heavy atom. The van der Waals surface area contributed by atoms with Crippen LogP contribution in [-0.2, 0) is 19.1 Å². The van der Waals surface area contributed by atoms with Crippen molar-refractivity contribution in [3.05, 3.63) is 62.0 Å². The van der Waals surface area contributed by atoms with Crippen molar-refractivity contribution in [2.75, 3.05) is 37.8 Å². The Kier molecular flexibility index (Phi) is 8.00. The van der Waals surface area contributed by atoms with Gasteiger partial charge in [0, 0.05) is 17.6 Å². The van der Waals surface area contributed by atoms with Crippen molar-refractivity contribution in [3.8, 4) is 5.75 Å². The molecule has 2 aromatic rings. The Morgan fingerprint density at radius 2 is 1.91 bits per heavy atom. The molecular formula is C24H21Br2N3O5S. The third-order valence-corrected chi connectivity index (χ3v) is 6.88. The summed E-state index contributed by atoms with van der Waals surface area (Å²) in [5, 5.41) is 2.62. The van der Waals surface area contributed by atoms with Gasteiger partial charge in [-0.3, -0.25) is 24.6 Å². The first-order chi connectivity index (χ1) is 16.7. The van der Waals surface area contributed by atoms with Crippen LogP contribution in [0.2, 0.25) is 0 Å². The number of amides is 3. The average Bonchev–Trinajstić information content (AvgIpc) is 2.82. The third kappa shape index (κ3) is 5.80. The molecule has 2 heterocycles. The Balaban J connectivity index is 1.52. The van der Waals surface area contributed by atoms with Crippen LogP contribution in [0.4, 0.5) is 5.69 Å². The van der Waals surface area contributed by atoms with Gasteiger partial charge in [0.05, 0.1) is 23.4 Å². The zero-order valence-corrected chi connectivity index (χ0v) is 22.7. The summed E-state index contributed by atoms with van der Waals surface area (Å²) >= 11 is 12.1. The monoisotopic (exact) mass is 621 g/mol. The first-order valence-electron chi connectivity index (χ1n) is 10.7. The SMILES string of the molecule is Cc1cc(Br)ccc1N1C(=O)/C(=C/c2ccc(OCC(=O)N3CCOCC3)c(Br)c2)C(=O)NC1=S. The normalized spacial score (nSPS) is 17.6. The van der Waals surface area contributed by atoms with Crippen molar-refractivity contribution in [1.82, 2.24) is 10.2 Å². The fraction of sp³-hybridized carbons (Fsp3) is 0.250. The highest BCUT2D eigenvalue weighted by Crippen LogP contribution is 2.30. The molecule has 0 aliphatic carbocycles. The molecule has 0 atom stereocenters. The van der Waals surface area contributed by atoms with E-state index in [0.29, 0.717) is 47.8 Å². The van der Waals surface area contributed by atoms with Crippen LogP contribution in [-0.4, -0.2) is 60.6 Å². The van der Waals surface area contributed by atoms with Gasteiger partial charge >= 0.3 is 0 Å². The lowest BCUT2D eigenvalue weighted by Gasteiger charge is -2.30. The minimum atomic E-state index is -0.571. The summed E-state index contributed by atoms with van der Waals surface area (Å²) < 4.78 is 12.4. The van der Waals surface area contributed by atoms with Gasteiger partial charge in [-0.2, -0.15) is 0 Å². The Hall–Kier alpha value is -2.60. The van der Waals surface area contributed by atoms with Gasteiger partial charge in [-0.05, 0) is 82.6 Å². The molecule has 4 rings (SSSR count). The number of benzene rings is 2. The summed E-state index contributed by atoms with van der Waals surface area (Å²) in [7, 11) is 0. The van der Waals surface area contributed by atoms with Crippen molar-refractivity contribution in [2.24, 2.45) is 0 Å². The van der Waals surface area contributed by atoms with Gasteiger partial charge in [-0.15, -0.1) is 0 Å². The van der Waals surface area contributed by atoms with Crippen LogP contribution in [0.1, 0.15) is 11.1 Å². The van der Waals surface area contributed by atoms with Crippen LogP contribution in [0.25, 0.3) is 6.08 Å². The maximum atomic E-state index is 13.3. The number of nitrogens with zero attached hydrogens (tertiary/aromatic N) is 2. The van der Waals surface area contributed by atoms with Crippen LogP contribution in [0.15, 0.2) is 50.9 Å². The van der Waals surface area contributed by atoms with Crippen molar-refractivity contribution >= 4 is 78.7 Å². The van der Waals surface area contributed by atoms with Crippen molar-refractivity contribution in [1.29, 1.82) is 0 Å². The smallest absolute Gasteiger partial charge is 0.270 e. The maximum Gasteiger partial charge on any atom is 0.270 e. The molecule has 35 heavy (non-hydrogen) atoms. The topological polar surface area (TPSA) is 88.2 Å².